The lowest BCUT2D eigenvalue weighted by molar-refractivity contribution is -0.137. The lowest BCUT2D eigenvalue weighted by Crippen LogP contribution is -2.42. The van der Waals surface area contributed by atoms with Crippen LogP contribution in [0.5, 0.6) is 0 Å². The monoisotopic (exact) mass is 393 g/mol. The van der Waals surface area contributed by atoms with Crippen LogP contribution in [0.3, 0.4) is 0 Å². The number of nitrogens with zero attached hydrogens (tertiary/aromatic N) is 1. The molecule has 0 aliphatic heterocycles. The van der Waals surface area contributed by atoms with E-state index in [1.165, 1.54) is 0 Å². The van der Waals surface area contributed by atoms with Gasteiger partial charge in [-0.2, -0.15) is 0 Å². The van der Waals surface area contributed by atoms with Crippen molar-refractivity contribution in [3.63, 3.8) is 0 Å². The Morgan fingerprint density at radius 3 is 2.52 bits per heavy atom. The third-order valence-electron chi connectivity index (χ3n) is 7.77. The van der Waals surface area contributed by atoms with Gasteiger partial charge >= 0.3 is 0 Å². The number of carbonyl (C=O) groups excluding carboxylic acids is 2. The zero-order valence-corrected chi connectivity index (χ0v) is 18.7. The van der Waals surface area contributed by atoms with Crippen LogP contribution in [0.15, 0.2) is 12.2 Å². The van der Waals surface area contributed by atoms with Gasteiger partial charge in [0.05, 0.1) is 11.5 Å². The fourth-order valence-electron chi connectivity index (χ4n) is 6.16. The molecule has 0 N–H and O–H groups in total. The second-order valence-corrected chi connectivity index (χ2v) is 10.4. The van der Waals surface area contributed by atoms with Crippen molar-refractivity contribution in [2.24, 2.45) is 28.1 Å². The number of allylic oxidation sites excluding steroid dienone is 1. The zero-order valence-electron chi connectivity index (χ0n) is 17.6. The Morgan fingerprint density at radius 1 is 1.30 bits per heavy atom. The first kappa shape index (κ1) is 21.0. The summed E-state index contributed by atoms with van der Waals surface area (Å²) >= 11 is 0. The Hall–Kier alpha value is -0.730. The molecule has 3 aliphatic rings. The first-order valence-corrected chi connectivity index (χ1v) is 10.8. The minimum atomic E-state index is -0.402. The van der Waals surface area contributed by atoms with Crippen LogP contribution in [0.1, 0.15) is 65.7 Å². The Morgan fingerprint density at radius 2 is 1.96 bits per heavy atom. The molecule has 0 spiro atoms. The van der Waals surface area contributed by atoms with Crippen molar-refractivity contribution < 1.29 is 14.1 Å². The molecule has 0 radical (unpaired) electrons. The highest BCUT2D eigenvalue weighted by Crippen LogP contribution is 2.60. The summed E-state index contributed by atoms with van der Waals surface area (Å²) in [5.41, 5.74) is -0.322. The van der Waals surface area contributed by atoms with Gasteiger partial charge in [0.15, 0.2) is 0 Å². The lowest BCUT2D eigenvalue weighted by Gasteiger charge is -2.45. The predicted molar refractivity (Wildman–Crippen MR) is 111 cm³/mol. The number of fused-ring (bicyclic) bond motifs is 1. The number of hydrogen-bond acceptors (Lipinski definition) is 3. The van der Waals surface area contributed by atoms with Crippen molar-refractivity contribution >= 4 is 21.2 Å². The summed E-state index contributed by atoms with van der Waals surface area (Å²) in [7, 11) is 5.99. The highest BCUT2D eigenvalue weighted by atomic mass is 31.0. The van der Waals surface area contributed by atoms with E-state index < -0.39 is 5.41 Å². The van der Waals surface area contributed by atoms with Gasteiger partial charge in [0.1, 0.15) is 5.78 Å². The summed E-state index contributed by atoms with van der Waals surface area (Å²) in [5, 5.41) is 0. The van der Waals surface area contributed by atoms with Crippen LogP contribution in [-0.4, -0.2) is 36.8 Å². The molecule has 3 aliphatic carbocycles. The quantitative estimate of drug-likeness (QED) is 0.496. The van der Waals surface area contributed by atoms with Gasteiger partial charge in [-0.1, -0.05) is 32.9 Å². The zero-order chi connectivity index (χ0) is 20.0. The fourth-order valence-corrected chi connectivity index (χ4v) is 6.52. The van der Waals surface area contributed by atoms with Gasteiger partial charge in [-0.05, 0) is 55.3 Å². The van der Waals surface area contributed by atoms with Gasteiger partial charge in [-0.3, -0.25) is 9.59 Å². The molecule has 4 unspecified atom stereocenters. The average Bonchev–Trinajstić information content (AvgIpc) is 3.30. The van der Waals surface area contributed by atoms with E-state index in [2.05, 4.69) is 42.4 Å². The lowest BCUT2D eigenvalue weighted by atomic mass is 9.58. The van der Waals surface area contributed by atoms with Crippen molar-refractivity contribution in [1.82, 2.24) is 4.90 Å². The van der Waals surface area contributed by atoms with Crippen LogP contribution in [0, 0.1) is 28.1 Å². The minimum Gasteiger partial charge on any atom is -0.357 e. The average molecular weight is 394 g/mol. The van der Waals surface area contributed by atoms with E-state index in [9.17, 15) is 9.59 Å². The number of amides is 1. The standard InChI is InChI=1S/C22H36NO3P/c1-20(2,17-9-8-15-16(24)7-6-11-21(15,17)3)12-10-18(26-27)22(13-14-22)19(25)23(4)5/h10,12,15,17-18H,6-9,11,13-14,27H2,1-5H3/b12-10+/t15?,17?,18?,21-/m0/s1. The van der Waals surface area contributed by atoms with E-state index in [0.717, 1.165) is 44.9 Å². The van der Waals surface area contributed by atoms with Crippen LogP contribution in [-0.2, 0) is 14.1 Å². The third-order valence-corrected chi connectivity index (χ3v) is 8.07. The number of carbonyl (C=O) groups is 2. The summed E-state index contributed by atoms with van der Waals surface area (Å²) in [5.74, 6) is 1.36. The van der Waals surface area contributed by atoms with Crippen molar-refractivity contribution in [2.45, 2.75) is 71.8 Å². The topological polar surface area (TPSA) is 46.6 Å². The molecule has 3 saturated carbocycles. The molecule has 3 fully saturated rings. The molecule has 4 nitrogen and oxygen atoms in total. The largest absolute Gasteiger partial charge is 0.357 e. The second kappa shape index (κ2) is 7.26. The molecule has 3 rings (SSSR count). The Labute approximate surface area is 166 Å². The normalized spacial score (nSPS) is 33.8. The van der Waals surface area contributed by atoms with Gasteiger partial charge in [-0.25, -0.2) is 0 Å². The van der Waals surface area contributed by atoms with Gasteiger partial charge < -0.3 is 9.42 Å². The molecule has 0 bridgehead atoms. The van der Waals surface area contributed by atoms with Gasteiger partial charge in [0.25, 0.3) is 0 Å². The van der Waals surface area contributed by atoms with E-state index in [1.807, 2.05) is 14.1 Å². The second-order valence-electron chi connectivity index (χ2n) is 10.1. The molecule has 0 heterocycles. The minimum absolute atomic E-state index is 0.0280. The maximum absolute atomic E-state index is 12.6. The molecule has 27 heavy (non-hydrogen) atoms. The van der Waals surface area contributed by atoms with E-state index in [4.69, 9.17) is 4.52 Å². The first-order chi connectivity index (χ1) is 12.6. The molecule has 0 saturated heterocycles. The number of ketones is 1. The molecule has 5 heteroatoms. The van der Waals surface area contributed by atoms with E-state index in [-0.39, 0.29) is 28.8 Å². The van der Waals surface area contributed by atoms with Crippen molar-refractivity contribution in [3.8, 4) is 0 Å². The van der Waals surface area contributed by atoms with Gasteiger partial charge in [0, 0.05) is 35.9 Å². The van der Waals surface area contributed by atoms with Gasteiger partial charge in [-0.15, -0.1) is 0 Å². The van der Waals surface area contributed by atoms with E-state index in [0.29, 0.717) is 11.7 Å². The van der Waals surface area contributed by atoms with E-state index >= 15 is 0 Å². The maximum Gasteiger partial charge on any atom is 0.231 e. The molecule has 5 atom stereocenters. The molecule has 0 aromatic carbocycles. The van der Waals surface area contributed by atoms with Gasteiger partial charge in [0.2, 0.25) is 5.91 Å². The number of hydrogen-bond donors (Lipinski definition) is 0. The van der Waals surface area contributed by atoms with Crippen molar-refractivity contribution in [2.75, 3.05) is 14.1 Å². The number of rotatable bonds is 6. The maximum atomic E-state index is 12.6. The molecular formula is C22H36NO3P. The van der Waals surface area contributed by atoms with Crippen LogP contribution >= 0.6 is 9.47 Å². The fraction of sp³-hybridized carbons (Fsp3) is 0.818. The number of Topliss-reactive ketones (excluding diaryl/α,β-unsaturated/α-hetero) is 1. The molecule has 152 valence electrons. The van der Waals surface area contributed by atoms with Crippen LogP contribution < -0.4 is 0 Å². The van der Waals surface area contributed by atoms with Crippen LogP contribution in [0.4, 0.5) is 0 Å². The highest BCUT2D eigenvalue weighted by Gasteiger charge is 2.57. The summed E-state index contributed by atoms with van der Waals surface area (Å²) in [6.07, 6.45) is 11.0. The van der Waals surface area contributed by atoms with Crippen molar-refractivity contribution in [3.05, 3.63) is 12.2 Å². The SMILES string of the molecule is CN(C)C(=O)C1(C(/C=C/C(C)(C)C2CCC3C(=O)CCC[C@@]32C)OP)CC1. The highest BCUT2D eigenvalue weighted by molar-refractivity contribution is 7.09. The van der Waals surface area contributed by atoms with Crippen molar-refractivity contribution in [1.29, 1.82) is 0 Å². The molecular weight excluding hydrogens is 357 g/mol. The summed E-state index contributed by atoms with van der Waals surface area (Å²) in [4.78, 5) is 26.8. The smallest absolute Gasteiger partial charge is 0.231 e. The summed E-state index contributed by atoms with van der Waals surface area (Å²) in [6, 6.07) is 0. The Bertz CT molecular complexity index is 637. The summed E-state index contributed by atoms with van der Waals surface area (Å²) in [6.45, 7) is 6.91. The third kappa shape index (κ3) is 3.53. The van der Waals surface area contributed by atoms with E-state index in [1.54, 1.807) is 4.90 Å². The molecule has 1 amide bonds. The van der Waals surface area contributed by atoms with Crippen LogP contribution in [0.25, 0.3) is 0 Å². The van der Waals surface area contributed by atoms with Crippen LogP contribution in [0.2, 0.25) is 0 Å². The molecule has 0 aromatic heterocycles. The Kier molecular flexibility index (Phi) is 5.65. The summed E-state index contributed by atoms with van der Waals surface area (Å²) < 4.78 is 5.68. The molecule has 0 aromatic rings. The predicted octanol–water partition coefficient (Wildman–Crippen LogP) is 4.40. The first-order valence-electron chi connectivity index (χ1n) is 10.4. The Balaban J connectivity index is 1.79.